The van der Waals surface area contributed by atoms with E-state index in [9.17, 15) is 15.2 Å². The first-order chi connectivity index (χ1) is 9.13. The van der Waals surface area contributed by atoms with E-state index in [1.165, 1.54) is 0 Å². The summed E-state index contributed by atoms with van der Waals surface area (Å²) in [5.74, 6) is 0.297. The van der Waals surface area contributed by atoms with Gasteiger partial charge in [-0.1, -0.05) is 13.0 Å². The van der Waals surface area contributed by atoms with Gasteiger partial charge < -0.3 is 14.7 Å². The van der Waals surface area contributed by atoms with Crippen LogP contribution in [0.25, 0.3) is 0 Å². The number of benzene rings is 1. The van der Waals surface area contributed by atoms with Crippen molar-refractivity contribution in [3.8, 4) is 5.75 Å². The molecule has 1 heterocycles. The van der Waals surface area contributed by atoms with Crippen LogP contribution >= 0.6 is 0 Å². The van der Waals surface area contributed by atoms with Crippen LogP contribution in [-0.2, 0) is 0 Å². The van der Waals surface area contributed by atoms with E-state index in [-0.39, 0.29) is 5.69 Å². The molecule has 0 amide bonds. The Morgan fingerprint density at radius 2 is 2.37 bits per heavy atom. The number of aliphatic hydroxyl groups excluding tert-OH is 1. The Morgan fingerprint density at radius 1 is 1.58 bits per heavy atom. The molecule has 1 fully saturated rings. The normalized spacial score (nSPS) is 18.6. The molecule has 0 saturated carbocycles. The van der Waals surface area contributed by atoms with E-state index in [0.29, 0.717) is 37.6 Å². The number of rotatable bonds is 5. The van der Waals surface area contributed by atoms with Crippen LogP contribution in [0.2, 0.25) is 0 Å². The van der Waals surface area contributed by atoms with Crippen molar-refractivity contribution in [2.24, 2.45) is 0 Å². The van der Waals surface area contributed by atoms with Gasteiger partial charge in [-0.2, -0.15) is 0 Å². The summed E-state index contributed by atoms with van der Waals surface area (Å²) in [6, 6.07) is 5.07. The quantitative estimate of drug-likeness (QED) is 0.651. The summed E-state index contributed by atoms with van der Waals surface area (Å²) < 4.78 is 5.44. The van der Waals surface area contributed by atoms with Gasteiger partial charge in [0.2, 0.25) is 0 Å². The van der Waals surface area contributed by atoms with Crippen molar-refractivity contribution in [2.45, 2.75) is 25.9 Å². The van der Waals surface area contributed by atoms with E-state index >= 15 is 0 Å². The van der Waals surface area contributed by atoms with E-state index in [4.69, 9.17) is 4.74 Å². The average molecular weight is 266 g/mol. The number of nitro benzene ring substituents is 1. The third kappa shape index (κ3) is 2.96. The molecule has 6 nitrogen and oxygen atoms in total. The molecule has 1 aromatic carbocycles. The molecule has 104 valence electrons. The number of hydrogen-bond acceptors (Lipinski definition) is 5. The van der Waals surface area contributed by atoms with E-state index in [2.05, 4.69) is 0 Å². The first-order valence-corrected chi connectivity index (χ1v) is 6.46. The SMILES string of the molecule is CCCOc1cccc(N2CC[C@H](O)C2)c1[N+](=O)[O-]. The molecule has 0 spiro atoms. The Labute approximate surface area is 111 Å². The molecule has 1 aromatic rings. The lowest BCUT2D eigenvalue weighted by molar-refractivity contribution is -0.385. The molecule has 1 saturated heterocycles. The number of nitro groups is 1. The first-order valence-electron chi connectivity index (χ1n) is 6.46. The fraction of sp³-hybridized carbons (Fsp3) is 0.538. The number of para-hydroxylation sites is 1. The maximum Gasteiger partial charge on any atom is 0.333 e. The standard InChI is InChI=1S/C13H18N2O4/c1-2-8-19-12-5-3-4-11(13(12)15(17)18)14-7-6-10(16)9-14/h3-5,10,16H,2,6-9H2,1H3/t10-/m0/s1. The van der Waals surface area contributed by atoms with Crippen molar-refractivity contribution < 1.29 is 14.8 Å². The molecule has 0 radical (unpaired) electrons. The summed E-state index contributed by atoms with van der Waals surface area (Å²) in [4.78, 5) is 12.7. The topological polar surface area (TPSA) is 75.8 Å². The number of anilines is 1. The minimum atomic E-state index is -0.417. The Hall–Kier alpha value is -1.82. The lowest BCUT2D eigenvalue weighted by Gasteiger charge is -2.18. The molecule has 0 bridgehead atoms. The monoisotopic (exact) mass is 266 g/mol. The van der Waals surface area contributed by atoms with Gasteiger partial charge in [0.25, 0.3) is 0 Å². The van der Waals surface area contributed by atoms with E-state index in [1.54, 1.807) is 18.2 Å². The fourth-order valence-corrected chi connectivity index (χ4v) is 2.24. The third-order valence-corrected chi connectivity index (χ3v) is 3.13. The van der Waals surface area contributed by atoms with Gasteiger partial charge in [-0.15, -0.1) is 0 Å². The van der Waals surface area contributed by atoms with Crippen molar-refractivity contribution in [3.05, 3.63) is 28.3 Å². The molecular weight excluding hydrogens is 248 g/mol. The van der Waals surface area contributed by atoms with Crippen LogP contribution < -0.4 is 9.64 Å². The second-order valence-electron chi connectivity index (χ2n) is 4.62. The van der Waals surface area contributed by atoms with Gasteiger partial charge in [0.1, 0.15) is 5.69 Å². The summed E-state index contributed by atoms with van der Waals surface area (Å²) in [6.07, 6.45) is 1.01. The Balaban J connectivity index is 2.34. The molecule has 19 heavy (non-hydrogen) atoms. The Bertz CT molecular complexity index is 464. The van der Waals surface area contributed by atoms with Gasteiger partial charge in [-0.05, 0) is 25.0 Å². The predicted molar refractivity (Wildman–Crippen MR) is 71.7 cm³/mol. The van der Waals surface area contributed by atoms with Crippen LogP contribution in [0.15, 0.2) is 18.2 Å². The summed E-state index contributed by atoms with van der Waals surface area (Å²) >= 11 is 0. The van der Waals surface area contributed by atoms with E-state index in [0.717, 1.165) is 6.42 Å². The first kappa shape index (κ1) is 13.6. The summed E-state index contributed by atoms with van der Waals surface area (Å²) in [5.41, 5.74) is 0.514. The summed E-state index contributed by atoms with van der Waals surface area (Å²) in [7, 11) is 0. The van der Waals surface area contributed by atoms with Crippen LogP contribution in [0.3, 0.4) is 0 Å². The highest BCUT2D eigenvalue weighted by Gasteiger charge is 2.29. The van der Waals surface area contributed by atoms with Crippen molar-refractivity contribution in [2.75, 3.05) is 24.6 Å². The second-order valence-corrected chi connectivity index (χ2v) is 4.62. The van der Waals surface area contributed by atoms with Crippen molar-refractivity contribution >= 4 is 11.4 Å². The average Bonchev–Trinajstić information content (AvgIpc) is 2.82. The van der Waals surface area contributed by atoms with Crippen LogP contribution in [0.4, 0.5) is 11.4 Å². The van der Waals surface area contributed by atoms with E-state index in [1.807, 2.05) is 11.8 Å². The molecule has 6 heteroatoms. The molecule has 0 unspecified atom stereocenters. The van der Waals surface area contributed by atoms with Gasteiger partial charge in [0, 0.05) is 13.1 Å². The molecule has 1 aliphatic heterocycles. The van der Waals surface area contributed by atoms with Gasteiger partial charge in [-0.25, -0.2) is 0 Å². The van der Waals surface area contributed by atoms with E-state index < -0.39 is 11.0 Å². The third-order valence-electron chi connectivity index (χ3n) is 3.13. The lowest BCUT2D eigenvalue weighted by atomic mass is 10.2. The van der Waals surface area contributed by atoms with Gasteiger partial charge in [0.15, 0.2) is 5.75 Å². The minimum absolute atomic E-state index is 0.00921. The highest BCUT2D eigenvalue weighted by atomic mass is 16.6. The fourth-order valence-electron chi connectivity index (χ4n) is 2.24. The zero-order valence-corrected chi connectivity index (χ0v) is 10.9. The maximum absolute atomic E-state index is 11.3. The molecule has 0 aliphatic carbocycles. The number of ether oxygens (including phenoxy) is 1. The summed E-state index contributed by atoms with van der Waals surface area (Å²) in [5, 5.41) is 20.8. The Morgan fingerprint density at radius 3 is 2.95 bits per heavy atom. The van der Waals surface area contributed by atoms with Crippen molar-refractivity contribution in [3.63, 3.8) is 0 Å². The molecule has 1 aliphatic rings. The molecule has 2 rings (SSSR count). The van der Waals surface area contributed by atoms with Crippen molar-refractivity contribution in [1.82, 2.24) is 0 Å². The number of hydrogen-bond donors (Lipinski definition) is 1. The highest BCUT2D eigenvalue weighted by molar-refractivity contribution is 5.70. The van der Waals surface area contributed by atoms with Crippen LogP contribution in [-0.4, -0.2) is 35.8 Å². The zero-order chi connectivity index (χ0) is 13.8. The number of β-amino-alcohol motifs (C(OH)–C–C–N with tert-alkyl or cyclic N) is 1. The smallest absolute Gasteiger partial charge is 0.333 e. The molecule has 1 atom stereocenters. The number of aliphatic hydroxyl groups is 1. The minimum Gasteiger partial charge on any atom is -0.487 e. The lowest BCUT2D eigenvalue weighted by Crippen LogP contribution is -2.22. The summed E-state index contributed by atoms with van der Waals surface area (Å²) in [6.45, 7) is 3.46. The Kier molecular flexibility index (Phi) is 4.21. The molecule has 1 N–H and O–H groups in total. The molecule has 0 aromatic heterocycles. The van der Waals surface area contributed by atoms with Gasteiger partial charge >= 0.3 is 5.69 Å². The highest BCUT2D eigenvalue weighted by Crippen LogP contribution is 2.38. The predicted octanol–water partition coefficient (Wildman–Crippen LogP) is 1.95. The molecular formula is C13H18N2O4. The largest absolute Gasteiger partial charge is 0.487 e. The van der Waals surface area contributed by atoms with Crippen LogP contribution in [0.5, 0.6) is 5.75 Å². The van der Waals surface area contributed by atoms with Gasteiger partial charge in [0.05, 0.1) is 17.6 Å². The van der Waals surface area contributed by atoms with Crippen LogP contribution in [0.1, 0.15) is 19.8 Å². The zero-order valence-electron chi connectivity index (χ0n) is 10.9. The number of nitrogens with zero attached hydrogens (tertiary/aromatic N) is 2. The van der Waals surface area contributed by atoms with Gasteiger partial charge in [-0.3, -0.25) is 10.1 Å². The maximum atomic E-state index is 11.3. The second kappa shape index (κ2) is 5.88. The van der Waals surface area contributed by atoms with Crippen molar-refractivity contribution in [1.29, 1.82) is 0 Å². The van der Waals surface area contributed by atoms with Crippen LogP contribution in [0, 0.1) is 10.1 Å².